The number of benzene rings is 1. The standard InChI is InChI=1S/C16H20FNO2/c1-11(2)18-8-13-7-14(19-9-13)10-20-15-6-4-5-12(3)16(15)17/h4-7,9,11,18H,8,10H2,1-3H3. The largest absolute Gasteiger partial charge is 0.483 e. The number of rotatable bonds is 6. The highest BCUT2D eigenvalue weighted by atomic mass is 19.1. The highest BCUT2D eigenvalue weighted by Crippen LogP contribution is 2.21. The molecule has 1 heterocycles. The number of ether oxygens (including phenoxy) is 1. The Labute approximate surface area is 118 Å². The van der Waals surface area contributed by atoms with Gasteiger partial charge in [-0.25, -0.2) is 4.39 Å². The van der Waals surface area contributed by atoms with Gasteiger partial charge in [-0.1, -0.05) is 26.0 Å². The lowest BCUT2D eigenvalue weighted by atomic mass is 10.2. The van der Waals surface area contributed by atoms with Crippen LogP contribution in [0.2, 0.25) is 0 Å². The molecule has 0 radical (unpaired) electrons. The zero-order valence-electron chi connectivity index (χ0n) is 12.1. The lowest BCUT2D eigenvalue weighted by Crippen LogP contribution is -2.21. The van der Waals surface area contributed by atoms with E-state index in [0.29, 0.717) is 17.4 Å². The minimum Gasteiger partial charge on any atom is -0.483 e. The van der Waals surface area contributed by atoms with E-state index in [1.807, 2.05) is 6.07 Å². The summed E-state index contributed by atoms with van der Waals surface area (Å²) in [6.45, 7) is 6.86. The highest BCUT2D eigenvalue weighted by molar-refractivity contribution is 5.30. The van der Waals surface area contributed by atoms with Gasteiger partial charge in [-0.2, -0.15) is 0 Å². The van der Waals surface area contributed by atoms with Gasteiger partial charge in [-0.15, -0.1) is 0 Å². The normalized spacial score (nSPS) is 11.1. The maximum Gasteiger partial charge on any atom is 0.167 e. The molecular weight excluding hydrogens is 257 g/mol. The first-order chi connectivity index (χ1) is 9.56. The van der Waals surface area contributed by atoms with Crippen molar-refractivity contribution in [2.24, 2.45) is 0 Å². The van der Waals surface area contributed by atoms with Gasteiger partial charge in [0.1, 0.15) is 12.4 Å². The SMILES string of the molecule is Cc1cccc(OCc2cc(CNC(C)C)co2)c1F. The zero-order valence-corrected chi connectivity index (χ0v) is 12.1. The van der Waals surface area contributed by atoms with Gasteiger partial charge in [0.25, 0.3) is 0 Å². The second-order valence-electron chi connectivity index (χ2n) is 5.13. The summed E-state index contributed by atoms with van der Waals surface area (Å²) >= 11 is 0. The van der Waals surface area contributed by atoms with Crippen LogP contribution in [0, 0.1) is 12.7 Å². The molecule has 1 aromatic carbocycles. The quantitative estimate of drug-likeness (QED) is 0.872. The first-order valence-corrected chi connectivity index (χ1v) is 6.74. The van der Waals surface area contributed by atoms with Crippen molar-refractivity contribution < 1.29 is 13.5 Å². The predicted octanol–water partition coefficient (Wildman–Crippen LogP) is 3.80. The fraction of sp³-hybridized carbons (Fsp3) is 0.375. The maximum absolute atomic E-state index is 13.8. The van der Waals surface area contributed by atoms with Crippen LogP contribution in [-0.2, 0) is 13.2 Å². The average molecular weight is 277 g/mol. The van der Waals surface area contributed by atoms with Gasteiger partial charge in [-0.05, 0) is 24.6 Å². The van der Waals surface area contributed by atoms with E-state index in [1.165, 1.54) is 0 Å². The van der Waals surface area contributed by atoms with E-state index < -0.39 is 0 Å². The highest BCUT2D eigenvalue weighted by Gasteiger charge is 2.08. The van der Waals surface area contributed by atoms with Crippen LogP contribution >= 0.6 is 0 Å². The van der Waals surface area contributed by atoms with Gasteiger partial charge < -0.3 is 14.5 Å². The van der Waals surface area contributed by atoms with Crippen molar-refractivity contribution in [2.75, 3.05) is 0 Å². The smallest absolute Gasteiger partial charge is 0.167 e. The molecule has 0 saturated heterocycles. The summed E-state index contributed by atoms with van der Waals surface area (Å²) < 4.78 is 24.6. The van der Waals surface area contributed by atoms with Gasteiger partial charge >= 0.3 is 0 Å². The Hall–Kier alpha value is -1.81. The molecule has 1 aromatic heterocycles. The Morgan fingerprint density at radius 2 is 2.15 bits per heavy atom. The number of aryl methyl sites for hydroxylation is 1. The van der Waals surface area contributed by atoms with Gasteiger partial charge in [0.05, 0.1) is 6.26 Å². The van der Waals surface area contributed by atoms with Crippen LogP contribution in [0.25, 0.3) is 0 Å². The molecule has 0 unspecified atom stereocenters. The molecule has 0 bridgehead atoms. The average Bonchev–Trinajstić information content (AvgIpc) is 2.86. The second-order valence-corrected chi connectivity index (χ2v) is 5.13. The van der Waals surface area contributed by atoms with E-state index in [2.05, 4.69) is 19.2 Å². The molecule has 3 nitrogen and oxygen atoms in total. The fourth-order valence-corrected chi connectivity index (χ4v) is 1.80. The lowest BCUT2D eigenvalue weighted by molar-refractivity contribution is 0.258. The summed E-state index contributed by atoms with van der Waals surface area (Å²) in [5, 5.41) is 3.30. The molecule has 0 aliphatic carbocycles. The Bertz CT molecular complexity index is 563. The fourth-order valence-electron chi connectivity index (χ4n) is 1.80. The molecule has 0 saturated carbocycles. The molecule has 4 heteroatoms. The molecular formula is C16H20FNO2. The summed E-state index contributed by atoms with van der Waals surface area (Å²) in [5.74, 6) is 0.621. The van der Waals surface area contributed by atoms with Gasteiger partial charge in [0, 0.05) is 18.2 Å². The number of hydrogen-bond acceptors (Lipinski definition) is 3. The monoisotopic (exact) mass is 277 g/mol. The van der Waals surface area contributed by atoms with Crippen LogP contribution in [0.15, 0.2) is 34.9 Å². The van der Waals surface area contributed by atoms with Crippen LogP contribution < -0.4 is 10.1 Å². The van der Waals surface area contributed by atoms with Crippen molar-refractivity contribution in [3.63, 3.8) is 0 Å². The van der Waals surface area contributed by atoms with Crippen molar-refractivity contribution in [1.29, 1.82) is 0 Å². The third kappa shape index (κ3) is 3.84. The molecule has 0 spiro atoms. The Morgan fingerprint density at radius 1 is 1.35 bits per heavy atom. The molecule has 0 aliphatic rings. The van der Waals surface area contributed by atoms with Gasteiger partial charge in [0.2, 0.25) is 0 Å². The zero-order chi connectivity index (χ0) is 14.5. The van der Waals surface area contributed by atoms with Crippen LogP contribution in [0.5, 0.6) is 5.75 Å². The number of furan rings is 1. The summed E-state index contributed by atoms with van der Waals surface area (Å²) in [4.78, 5) is 0. The van der Waals surface area contributed by atoms with E-state index in [4.69, 9.17) is 9.15 Å². The van der Waals surface area contributed by atoms with E-state index in [9.17, 15) is 4.39 Å². The van der Waals surface area contributed by atoms with E-state index in [-0.39, 0.29) is 18.2 Å². The van der Waals surface area contributed by atoms with Crippen molar-refractivity contribution in [3.05, 3.63) is 53.2 Å². The third-order valence-corrected chi connectivity index (χ3v) is 2.95. The minimum absolute atomic E-state index is 0.224. The predicted molar refractivity (Wildman–Crippen MR) is 76.2 cm³/mol. The topological polar surface area (TPSA) is 34.4 Å². The van der Waals surface area contributed by atoms with E-state index in [0.717, 1.165) is 12.1 Å². The van der Waals surface area contributed by atoms with E-state index >= 15 is 0 Å². The molecule has 108 valence electrons. The maximum atomic E-state index is 13.8. The van der Waals surface area contributed by atoms with Crippen molar-refractivity contribution in [3.8, 4) is 5.75 Å². The van der Waals surface area contributed by atoms with Crippen LogP contribution in [0.4, 0.5) is 4.39 Å². The lowest BCUT2D eigenvalue weighted by Gasteiger charge is -2.06. The summed E-state index contributed by atoms with van der Waals surface area (Å²) in [6, 6.07) is 7.44. The Kier molecular flexibility index (Phi) is 4.79. The number of hydrogen-bond donors (Lipinski definition) is 1. The molecule has 0 fully saturated rings. The molecule has 20 heavy (non-hydrogen) atoms. The molecule has 0 aliphatic heterocycles. The first-order valence-electron chi connectivity index (χ1n) is 6.74. The number of halogens is 1. The van der Waals surface area contributed by atoms with Crippen molar-refractivity contribution in [2.45, 2.75) is 40.0 Å². The summed E-state index contributed by atoms with van der Waals surface area (Å²) in [5.41, 5.74) is 1.63. The third-order valence-electron chi connectivity index (χ3n) is 2.95. The molecule has 0 atom stereocenters. The van der Waals surface area contributed by atoms with Crippen LogP contribution in [0.1, 0.15) is 30.7 Å². The Morgan fingerprint density at radius 3 is 2.90 bits per heavy atom. The van der Waals surface area contributed by atoms with E-state index in [1.54, 1.807) is 31.4 Å². The van der Waals surface area contributed by atoms with Gasteiger partial charge in [-0.3, -0.25) is 0 Å². The summed E-state index contributed by atoms with van der Waals surface area (Å²) in [6.07, 6.45) is 1.70. The minimum atomic E-state index is -0.319. The summed E-state index contributed by atoms with van der Waals surface area (Å²) in [7, 11) is 0. The molecule has 1 N–H and O–H groups in total. The van der Waals surface area contributed by atoms with Crippen molar-refractivity contribution in [1.82, 2.24) is 5.32 Å². The molecule has 2 rings (SSSR count). The molecule has 2 aromatic rings. The van der Waals surface area contributed by atoms with Gasteiger partial charge in [0.15, 0.2) is 11.6 Å². The Balaban J connectivity index is 1.92. The molecule has 0 amide bonds. The van der Waals surface area contributed by atoms with Crippen LogP contribution in [0.3, 0.4) is 0 Å². The number of nitrogens with one attached hydrogen (secondary N) is 1. The first kappa shape index (κ1) is 14.6. The second kappa shape index (κ2) is 6.57. The van der Waals surface area contributed by atoms with Crippen LogP contribution in [-0.4, -0.2) is 6.04 Å². The van der Waals surface area contributed by atoms with Crippen molar-refractivity contribution >= 4 is 0 Å².